The molecule has 0 aliphatic rings. The number of hydrogen-bond acceptors (Lipinski definition) is 2. The van der Waals surface area contributed by atoms with Gasteiger partial charge in [-0.3, -0.25) is 5.32 Å². The lowest BCUT2D eigenvalue weighted by Gasteiger charge is -2.27. The van der Waals surface area contributed by atoms with Gasteiger partial charge in [0.25, 0.3) is 0 Å². The SMILES string of the molecule is CCCC(C#N)(CCC)NCc1ccccc1. The highest BCUT2D eigenvalue weighted by Crippen LogP contribution is 2.19. The van der Waals surface area contributed by atoms with Crippen LogP contribution in [0.15, 0.2) is 30.3 Å². The van der Waals surface area contributed by atoms with Crippen molar-refractivity contribution in [3.63, 3.8) is 0 Å². The Kier molecular flexibility index (Phi) is 5.72. The Hall–Kier alpha value is -1.33. The molecule has 1 rings (SSSR count). The van der Waals surface area contributed by atoms with E-state index in [-0.39, 0.29) is 5.54 Å². The van der Waals surface area contributed by atoms with Crippen molar-refractivity contribution < 1.29 is 0 Å². The Labute approximate surface area is 105 Å². The predicted octanol–water partition coefficient (Wildman–Crippen LogP) is 3.64. The van der Waals surface area contributed by atoms with Crippen molar-refractivity contribution in [2.45, 2.75) is 51.6 Å². The first kappa shape index (κ1) is 13.7. The van der Waals surface area contributed by atoms with Gasteiger partial charge >= 0.3 is 0 Å². The predicted molar refractivity (Wildman–Crippen MR) is 71.4 cm³/mol. The number of nitrogens with zero attached hydrogens (tertiary/aromatic N) is 1. The molecule has 1 aromatic carbocycles. The summed E-state index contributed by atoms with van der Waals surface area (Å²) in [5.41, 5.74) is 0.888. The first-order chi connectivity index (χ1) is 8.26. The number of nitrogens with one attached hydrogen (secondary N) is 1. The van der Waals surface area contributed by atoms with Crippen LogP contribution in [0.1, 0.15) is 45.1 Å². The Morgan fingerprint density at radius 1 is 1.12 bits per heavy atom. The van der Waals surface area contributed by atoms with E-state index in [4.69, 9.17) is 0 Å². The molecule has 0 heterocycles. The lowest BCUT2D eigenvalue weighted by molar-refractivity contribution is 0.351. The van der Waals surface area contributed by atoms with E-state index in [9.17, 15) is 5.26 Å². The molecule has 0 fully saturated rings. The number of nitriles is 1. The second-order valence-corrected chi connectivity index (χ2v) is 4.53. The van der Waals surface area contributed by atoms with Gasteiger partial charge in [-0.05, 0) is 18.4 Å². The molecular formula is C15H22N2. The summed E-state index contributed by atoms with van der Waals surface area (Å²) < 4.78 is 0. The zero-order valence-electron chi connectivity index (χ0n) is 10.9. The molecule has 0 amide bonds. The van der Waals surface area contributed by atoms with Crippen molar-refractivity contribution >= 4 is 0 Å². The van der Waals surface area contributed by atoms with Crippen molar-refractivity contribution in [1.82, 2.24) is 5.32 Å². The Balaban J connectivity index is 2.64. The Morgan fingerprint density at radius 2 is 1.71 bits per heavy atom. The molecule has 0 aliphatic carbocycles. The van der Waals surface area contributed by atoms with Crippen LogP contribution < -0.4 is 5.32 Å². The first-order valence-electron chi connectivity index (χ1n) is 6.46. The van der Waals surface area contributed by atoms with Gasteiger partial charge in [0.15, 0.2) is 0 Å². The maximum absolute atomic E-state index is 9.40. The summed E-state index contributed by atoms with van der Waals surface area (Å²) in [5, 5.41) is 12.8. The van der Waals surface area contributed by atoms with Gasteiger partial charge < -0.3 is 0 Å². The zero-order chi connectivity index (χ0) is 12.6. The number of rotatable bonds is 7. The van der Waals surface area contributed by atoms with E-state index in [1.807, 2.05) is 18.2 Å². The summed E-state index contributed by atoms with van der Waals surface area (Å²) in [7, 11) is 0. The second-order valence-electron chi connectivity index (χ2n) is 4.53. The monoisotopic (exact) mass is 230 g/mol. The van der Waals surface area contributed by atoms with Gasteiger partial charge in [0.2, 0.25) is 0 Å². The van der Waals surface area contributed by atoms with Gasteiger partial charge in [-0.15, -0.1) is 0 Å². The maximum Gasteiger partial charge on any atom is 0.107 e. The molecule has 2 nitrogen and oxygen atoms in total. The lowest BCUT2D eigenvalue weighted by atomic mass is 9.90. The highest BCUT2D eigenvalue weighted by molar-refractivity contribution is 5.16. The highest BCUT2D eigenvalue weighted by Gasteiger charge is 2.26. The fourth-order valence-corrected chi connectivity index (χ4v) is 2.17. The third kappa shape index (κ3) is 4.20. The minimum Gasteiger partial charge on any atom is -0.295 e. The minimum absolute atomic E-state index is 0.348. The molecule has 0 saturated carbocycles. The standard InChI is InChI=1S/C15H22N2/c1-3-10-15(13-16,11-4-2)17-12-14-8-6-5-7-9-14/h5-9,17H,3-4,10-12H2,1-2H3. The van der Waals surface area contributed by atoms with Crippen molar-refractivity contribution in [3.8, 4) is 6.07 Å². The molecular weight excluding hydrogens is 208 g/mol. The van der Waals surface area contributed by atoms with E-state index in [1.54, 1.807) is 0 Å². The van der Waals surface area contributed by atoms with Crippen LogP contribution in [0.3, 0.4) is 0 Å². The summed E-state index contributed by atoms with van der Waals surface area (Å²) in [5.74, 6) is 0. The van der Waals surface area contributed by atoms with Crippen LogP contribution in [0, 0.1) is 11.3 Å². The zero-order valence-corrected chi connectivity index (χ0v) is 10.9. The summed E-state index contributed by atoms with van der Waals surface area (Å²) in [4.78, 5) is 0. The average molecular weight is 230 g/mol. The van der Waals surface area contributed by atoms with E-state index in [2.05, 4.69) is 37.4 Å². The van der Waals surface area contributed by atoms with Crippen LogP contribution >= 0.6 is 0 Å². The summed E-state index contributed by atoms with van der Waals surface area (Å²) in [6.07, 6.45) is 3.92. The first-order valence-corrected chi connectivity index (χ1v) is 6.46. The maximum atomic E-state index is 9.40. The van der Waals surface area contributed by atoms with Gasteiger partial charge in [0.1, 0.15) is 5.54 Å². The number of hydrogen-bond donors (Lipinski definition) is 1. The van der Waals surface area contributed by atoms with Crippen molar-refractivity contribution in [2.75, 3.05) is 0 Å². The molecule has 0 radical (unpaired) electrons. The van der Waals surface area contributed by atoms with Crippen LogP contribution in [0.25, 0.3) is 0 Å². The fourth-order valence-electron chi connectivity index (χ4n) is 2.17. The fraction of sp³-hybridized carbons (Fsp3) is 0.533. The minimum atomic E-state index is -0.348. The van der Waals surface area contributed by atoms with Gasteiger partial charge in [0, 0.05) is 6.54 Å². The molecule has 0 bridgehead atoms. The molecule has 0 aliphatic heterocycles. The molecule has 1 N–H and O–H groups in total. The van der Waals surface area contributed by atoms with E-state index in [0.717, 1.165) is 32.2 Å². The van der Waals surface area contributed by atoms with Crippen LogP contribution in [0.4, 0.5) is 0 Å². The van der Waals surface area contributed by atoms with Gasteiger partial charge in [0.05, 0.1) is 6.07 Å². The third-order valence-electron chi connectivity index (χ3n) is 3.04. The Bertz CT molecular complexity index is 345. The van der Waals surface area contributed by atoms with Crippen molar-refractivity contribution in [2.24, 2.45) is 0 Å². The van der Waals surface area contributed by atoms with Crippen LogP contribution in [-0.2, 0) is 6.54 Å². The molecule has 0 atom stereocenters. The van der Waals surface area contributed by atoms with Crippen molar-refractivity contribution in [3.05, 3.63) is 35.9 Å². The quantitative estimate of drug-likeness (QED) is 0.776. The molecule has 2 heteroatoms. The largest absolute Gasteiger partial charge is 0.295 e. The normalized spacial score (nSPS) is 11.1. The second kappa shape index (κ2) is 7.09. The van der Waals surface area contributed by atoms with Gasteiger partial charge in [-0.2, -0.15) is 5.26 Å². The molecule has 92 valence electrons. The molecule has 0 aromatic heterocycles. The summed E-state index contributed by atoms with van der Waals surface area (Å²) in [6.45, 7) is 5.03. The molecule has 17 heavy (non-hydrogen) atoms. The average Bonchev–Trinajstić information content (AvgIpc) is 2.38. The molecule has 0 spiro atoms. The third-order valence-corrected chi connectivity index (χ3v) is 3.04. The van der Waals surface area contributed by atoms with Crippen molar-refractivity contribution in [1.29, 1.82) is 5.26 Å². The Morgan fingerprint density at radius 3 is 2.18 bits per heavy atom. The molecule has 0 saturated heterocycles. The topological polar surface area (TPSA) is 35.8 Å². The summed E-state index contributed by atoms with van der Waals surface area (Å²) >= 11 is 0. The van der Waals surface area contributed by atoms with Crippen LogP contribution in [0.5, 0.6) is 0 Å². The van der Waals surface area contributed by atoms with Gasteiger partial charge in [-0.1, -0.05) is 57.0 Å². The smallest absolute Gasteiger partial charge is 0.107 e. The number of benzene rings is 1. The van der Waals surface area contributed by atoms with Crippen LogP contribution in [0.2, 0.25) is 0 Å². The molecule has 1 aromatic rings. The highest BCUT2D eigenvalue weighted by atomic mass is 15.0. The lowest BCUT2D eigenvalue weighted by Crippen LogP contribution is -2.43. The van der Waals surface area contributed by atoms with Gasteiger partial charge in [-0.25, -0.2) is 0 Å². The van der Waals surface area contributed by atoms with E-state index in [1.165, 1.54) is 5.56 Å². The van der Waals surface area contributed by atoms with E-state index < -0.39 is 0 Å². The summed E-state index contributed by atoms with van der Waals surface area (Å²) in [6, 6.07) is 12.7. The van der Waals surface area contributed by atoms with E-state index in [0.29, 0.717) is 0 Å². The van der Waals surface area contributed by atoms with E-state index >= 15 is 0 Å². The molecule has 0 unspecified atom stereocenters. The van der Waals surface area contributed by atoms with Crippen LogP contribution in [-0.4, -0.2) is 5.54 Å².